The summed E-state index contributed by atoms with van der Waals surface area (Å²) >= 11 is 0. The molecule has 0 spiro atoms. The number of hydrogen-bond acceptors (Lipinski definition) is 2. The highest BCUT2D eigenvalue weighted by Crippen LogP contribution is 2.34. The van der Waals surface area contributed by atoms with Crippen LogP contribution in [0.1, 0.15) is 19.8 Å². The van der Waals surface area contributed by atoms with Crippen molar-refractivity contribution in [2.24, 2.45) is 0 Å². The van der Waals surface area contributed by atoms with E-state index in [1.165, 1.54) is 0 Å². The zero-order valence-corrected chi connectivity index (χ0v) is 10.7. The van der Waals surface area contributed by atoms with Gasteiger partial charge in [0.25, 0.3) is 0 Å². The number of rotatable bonds is 4. The summed E-state index contributed by atoms with van der Waals surface area (Å²) < 4.78 is 5.54. The number of phenolic OH excluding ortho intramolecular Hbond substituents is 1. The molecule has 0 aromatic heterocycles. The minimum Gasteiger partial charge on any atom is -0.504 e. The highest BCUT2D eigenvalue weighted by Gasteiger charge is 2.06. The van der Waals surface area contributed by atoms with E-state index in [0.29, 0.717) is 12.4 Å². The van der Waals surface area contributed by atoms with Gasteiger partial charge in [-0.15, -0.1) is 12.4 Å². The van der Waals surface area contributed by atoms with Crippen molar-refractivity contribution >= 4 is 23.2 Å². The van der Waals surface area contributed by atoms with Gasteiger partial charge in [0.1, 0.15) is 0 Å². The quantitative estimate of drug-likeness (QED) is 0.829. The molecule has 0 aliphatic rings. The molecule has 92 valence electrons. The van der Waals surface area contributed by atoms with Gasteiger partial charge < -0.3 is 9.84 Å². The van der Waals surface area contributed by atoms with E-state index in [-0.39, 0.29) is 18.2 Å². The van der Waals surface area contributed by atoms with Gasteiger partial charge in [0.15, 0.2) is 11.5 Å². The van der Waals surface area contributed by atoms with Crippen molar-refractivity contribution < 1.29 is 9.84 Å². The maximum Gasteiger partial charge on any atom is 0.165 e. The van der Waals surface area contributed by atoms with Crippen LogP contribution in [0, 0.1) is 0 Å². The standard InChI is InChI=1S/C14H16O2.ClH/c1-2-3-10-16-13-9-8-11-6-4-5-7-12(11)14(13)15;/h4-9,15H,2-3,10H2,1H3;1H. The summed E-state index contributed by atoms with van der Waals surface area (Å²) in [6, 6.07) is 11.5. The third-order valence-corrected chi connectivity index (χ3v) is 2.62. The molecule has 0 heterocycles. The normalized spacial score (nSPS) is 9.94. The Morgan fingerprint density at radius 3 is 2.65 bits per heavy atom. The highest BCUT2D eigenvalue weighted by atomic mass is 35.5. The van der Waals surface area contributed by atoms with Crippen LogP contribution in [0.25, 0.3) is 10.8 Å². The maximum atomic E-state index is 10.0. The minimum absolute atomic E-state index is 0. The minimum atomic E-state index is 0. The first-order valence-corrected chi connectivity index (χ1v) is 5.66. The smallest absolute Gasteiger partial charge is 0.165 e. The first kappa shape index (κ1) is 13.7. The van der Waals surface area contributed by atoms with E-state index in [0.717, 1.165) is 23.6 Å². The summed E-state index contributed by atoms with van der Waals surface area (Å²) in [5.41, 5.74) is 0. The molecule has 0 amide bonds. The lowest BCUT2D eigenvalue weighted by Gasteiger charge is -2.09. The number of aromatic hydroxyl groups is 1. The second kappa shape index (κ2) is 6.36. The lowest BCUT2D eigenvalue weighted by Crippen LogP contribution is -1.96. The SMILES string of the molecule is CCCCOc1ccc2ccccc2c1O.Cl. The molecule has 0 radical (unpaired) electrons. The maximum absolute atomic E-state index is 10.0. The van der Waals surface area contributed by atoms with Gasteiger partial charge in [0.05, 0.1) is 6.61 Å². The number of benzene rings is 2. The number of fused-ring (bicyclic) bond motifs is 1. The molecule has 0 unspecified atom stereocenters. The molecule has 0 atom stereocenters. The van der Waals surface area contributed by atoms with E-state index in [4.69, 9.17) is 4.74 Å². The van der Waals surface area contributed by atoms with Gasteiger partial charge in [-0.2, -0.15) is 0 Å². The van der Waals surface area contributed by atoms with E-state index in [1.54, 1.807) is 0 Å². The lowest BCUT2D eigenvalue weighted by atomic mass is 10.1. The molecule has 2 rings (SSSR count). The molecular formula is C14H17ClO2. The molecule has 0 saturated carbocycles. The summed E-state index contributed by atoms with van der Waals surface area (Å²) in [4.78, 5) is 0. The zero-order valence-electron chi connectivity index (χ0n) is 9.85. The Kier molecular flexibility index (Phi) is 5.11. The topological polar surface area (TPSA) is 29.5 Å². The second-order valence-corrected chi connectivity index (χ2v) is 3.84. The van der Waals surface area contributed by atoms with Gasteiger partial charge in [0.2, 0.25) is 0 Å². The van der Waals surface area contributed by atoms with E-state index >= 15 is 0 Å². The molecule has 1 N–H and O–H groups in total. The van der Waals surface area contributed by atoms with Crippen LogP contribution in [0.15, 0.2) is 36.4 Å². The number of phenols is 1. The predicted molar refractivity (Wildman–Crippen MR) is 73.3 cm³/mol. The van der Waals surface area contributed by atoms with Gasteiger partial charge in [0, 0.05) is 5.39 Å². The van der Waals surface area contributed by atoms with Crippen molar-refractivity contribution in [1.29, 1.82) is 0 Å². The van der Waals surface area contributed by atoms with Crippen LogP contribution in [0.2, 0.25) is 0 Å². The van der Waals surface area contributed by atoms with Crippen LogP contribution in [-0.2, 0) is 0 Å². The molecule has 0 aliphatic heterocycles. The number of hydrogen-bond donors (Lipinski definition) is 1. The Morgan fingerprint density at radius 2 is 1.88 bits per heavy atom. The van der Waals surface area contributed by atoms with Gasteiger partial charge in [-0.3, -0.25) is 0 Å². The van der Waals surface area contributed by atoms with Crippen molar-refractivity contribution in [1.82, 2.24) is 0 Å². The van der Waals surface area contributed by atoms with Gasteiger partial charge in [-0.1, -0.05) is 43.7 Å². The van der Waals surface area contributed by atoms with Crippen molar-refractivity contribution in [3.8, 4) is 11.5 Å². The van der Waals surface area contributed by atoms with Crippen molar-refractivity contribution in [2.75, 3.05) is 6.61 Å². The van der Waals surface area contributed by atoms with Crippen molar-refractivity contribution in [3.63, 3.8) is 0 Å². The fraction of sp³-hybridized carbons (Fsp3) is 0.286. The fourth-order valence-corrected chi connectivity index (χ4v) is 1.68. The number of ether oxygens (including phenoxy) is 1. The molecular weight excluding hydrogens is 236 g/mol. The Balaban J connectivity index is 0.00000144. The molecule has 0 bridgehead atoms. The van der Waals surface area contributed by atoms with Crippen molar-refractivity contribution in [3.05, 3.63) is 36.4 Å². The largest absolute Gasteiger partial charge is 0.504 e. The summed E-state index contributed by atoms with van der Waals surface area (Å²) in [5.74, 6) is 0.821. The summed E-state index contributed by atoms with van der Waals surface area (Å²) in [7, 11) is 0. The Bertz CT molecular complexity index is 483. The second-order valence-electron chi connectivity index (χ2n) is 3.84. The molecule has 2 nitrogen and oxygen atoms in total. The third-order valence-electron chi connectivity index (χ3n) is 2.62. The Labute approximate surface area is 108 Å². The molecule has 2 aromatic carbocycles. The van der Waals surface area contributed by atoms with E-state index in [1.807, 2.05) is 36.4 Å². The lowest BCUT2D eigenvalue weighted by molar-refractivity contribution is 0.294. The van der Waals surface area contributed by atoms with Gasteiger partial charge in [-0.25, -0.2) is 0 Å². The first-order chi connectivity index (χ1) is 7.83. The average molecular weight is 253 g/mol. The predicted octanol–water partition coefficient (Wildman–Crippen LogP) is 4.15. The molecule has 0 saturated heterocycles. The van der Waals surface area contributed by atoms with Crippen LogP contribution in [-0.4, -0.2) is 11.7 Å². The van der Waals surface area contributed by atoms with Crippen LogP contribution in [0.5, 0.6) is 11.5 Å². The van der Waals surface area contributed by atoms with E-state index in [9.17, 15) is 5.11 Å². The molecule has 0 fully saturated rings. The Morgan fingerprint density at radius 1 is 1.12 bits per heavy atom. The van der Waals surface area contributed by atoms with Crippen LogP contribution in [0.3, 0.4) is 0 Å². The van der Waals surface area contributed by atoms with Crippen molar-refractivity contribution in [2.45, 2.75) is 19.8 Å². The van der Waals surface area contributed by atoms with E-state index < -0.39 is 0 Å². The van der Waals surface area contributed by atoms with Crippen LogP contribution in [0.4, 0.5) is 0 Å². The van der Waals surface area contributed by atoms with E-state index in [2.05, 4.69) is 6.92 Å². The van der Waals surface area contributed by atoms with Gasteiger partial charge in [-0.05, 0) is 17.9 Å². The fourth-order valence-electron chi connectivity index (χ4n) is 1.68. The average Bonchev–Trinajstić information content (AvgIpc) is 2.33. The first-order valence-electron chi connectivity index (χ1n) is 5.66. The highest BCUT2D eigenvalue weighted by molar-refractivity contribution is 5.90. The van der Waals surface area contributed by atoms with Crippen LogP contribution < -0.4 is 4.74 Å². The number of unbranched alkanes of at least 4 members (excludes halogenated alkanes) is 1. The van der Waals surface area contributed by atoms with Crippen LogP contribution >= 0.6 is 12.4 Å². The van der Waals surface area contributed by atoms with Gasteiger partial charge >= 0.3 is 0 Å². The summed E-state index contributed by atoms with van der Waals surface area (Å²) in [5, 5.41) is 11.9. The third kappa shape index (κ3) is 3.04. The summed E-state index contributed by atoms with van der Waals surface area (Å²) in [6.45, 7) is 2.77. The monoisotopic (exact) mass is 252 g/mol. The molecule has 17 heavy (non-hydrogen) atoms. The summed E-state index contributed by atoms with van der Waals surface area (Å²) in [6.07, 6.45) is 2.10. The Hall–Kier alpha value is -1.41. The number of halogens is 1. The molecule has 0 aliphatic carbocycles. The zero-order chi connectivity index (χ0) is 11.4. The molecule has 3 heteroatoms. The molecule has 2 aromatic rings.